The topological polar surface area (TPSA) is 66.5 Å². The fraction of sp³-hybridized carbons (Fsp3) is 0.125. The normalized spacial score (nSPS) is 11.4. The number of nitrogens with zero attached hydrogens (tertiary/aromatic N) is 2. The van der Waals surface area contributed by atoms with Crippen LogP contribution < -0.4 is 15.2 Å². The minimum atomic E-state index is -4.51. The lowest BCUT2D eigenvalue weighted by atomic mass is 10.2. The van der Waals surface area contributed by atoms with E-state index < -0.39 is 23.6 Å². The van der Waals surface area contributed by atoms with Gasteiger partial charge in [0.1, 0.15) is 11.5 Å². The van der Waals surface area contributed by atoms with Crippen molar-refractivity contribution in [1.82, 2.24) is 9.78 Å². The molecule has 25 heavy (non-hydrogen) atoms. The molecule has 0 aliphatic carbocycles. The molecule has 0 saturated heterocycles. The Kier molecular flexibility index (Phi) is 4.22. The second-order valence-electron chi connectivity index (χ2n) is 4.87. The summed E-state index contributed by atoms with van der Waals surface area (Å²) < 4.78 is 54.0. The van der Waals surface area contributed by atoms with E-state index in [-0.39, 0.29) is 5.75 Å². The van der Waals surface area contributed by atoms with E-state index in [0.717, 1.165) is 16.8 Å². The van der Waals surface area contributed by atoms with Gasteiger partial charge in [-0.05, 0) is 42.5 Å². The first-order valence-corrected chi connectivity index (χ1v) is 6.96. The largest absolute Gasteiger partial charge is 0.497 e. The van der Waals surface area contributed by atoms with Gasteiger partial charge < -0.3 is 13.9 Å². The Morgan fingerprint density at radius 3 is 2.44 bits per heavy atom. The van der Waals surface area contributed by atoms with E-state index in [1.54, 1.807) is 24.3 Å². The molecule has 0 bridgehead atoms. The Labute approximate surface area is 139 Å². The maximum Gasteiger partial charge on any atom is 0.444 e. The number of methoxy groups -OCH3 is 1. The van der Waals surface area contributed by atoms with Crippen molar-refractivity contribution >= 4 is 0 Å². The molecule has 0 unspecified atom stereocenters. The quantitative estimate of drug-likeness (QED) is 0.717. The highest BCUT2D eigenvalue weighted by molar-refractivity contribution is 5.36. The second-order valence-corrected chi connectivity index (χ2v) is 4.87. The Morgan fingerprint density at radius 2 is 1.80 bits per heavy atom. The Balaban J connectivity index is 1.86. The van der Waals surface area contributed by atoms with Crippen LogP contribution in [0.3, 0.4) is 0 Å². The Bertz CT molecular complexity index is 930. The van der Waals surface area contributed by atoms with Gasteiger partial charge in [0.05, 0.1) is 18.4 Å². The van der Waals surface area contributed by atoms with Crippen molar-refractivity contribution in [2.45, 2.75) is 6.18 Å². The zero-order valence-electron chi connectivity index (χ0n) is 12.8. The van der Waals surface area contributed by atoms with E-state index in [9.17, 15) is 18.0 Å². The predicted octanol–water partition coefficient (Wildman–Crippen LogP) is 3.65. The molecule has 0 spiro atoms. The van der Waals surface area contributed by atoms with Crippen LogP contribution in [0.5, 0.6) is 17.6 Å². The van der Waals surface area contributed by atoms with Crippen molar-refractivity contribution < 1.29 is 27.1 Å². The van der Waals surface area contributed by atoms with Crippen LogP contribution in [0, 0.1) is 0 Å². The van der Waals surface area contributed by atoms with Crippen molar-refractivity contribution in [3.8, 4) is 23.3 Å². The zero-order chi connectivity index (χ0) is 18.0. The summed E-state index contributed by atoms with van der Waals surface area (Å²) in [6.45, 7) is 0. The van der Waals surface area contributed by atoms with Crippen LogP contribution in [0.15, 0.2) is 57.7 Å². The second kappa shape index (κ2) is 6.34. The minimum Gasteiger partial charge on any atom is -0.497 e. The molecular formula is C16H11F3N2O4. The van der Waals surface area contributed by atoms with E-state index in [1.165, 1.54) is 19.2 Å². The first kappa shape index (κ1) is 16.6. The SMILES string of the molecule is COc1ccc(-n2nc(Oc3cccc(C(F)(F)F)c3)oc2=O)cc1. The standard InChI is InChI=1S/C16H11F3N2O4/c1-23-12-7-5-11(6-8-12)21-15(22)25-14(20-21)24-13-4-2-3-10(9-13)16(17,18)19/h2-9H,1H3. The average molecular weight is 352 g/mol. The summed E-state index contributed by atoms with van der Waals surface area (Å²) in [6, 6.07) is 10.5. The molecule has 0 saturated carbocycles. The molecular weight excluding hydrogens is 341 g/mol. The van der Waals surface area contributed by atoms with Crippen molar-refractivity contribution in [2.24, 2.45) is 0 Å². The minimum absolute atomic E-state index is 0.155. The summed E-state index contributed by atoms with van der Waals surface area (Å²) in [5.74, 6) is -0.411. The summed E-state index contributed by atoms with van der Waals surface area (Å²) in [4.78, 5) is 11.9. The summed E-state index contributed by atoms with van der Waals surface area (Å²) >= 11 is 0. The lowest BCUT2D eigenvalue weighted by molar-refractivity contribution is -0.137. The third-order valence-electron chi connectivity index (χ3n) is 3.21. The Hall–Kier alpha value is -3.23. The van der Waals surface area contributed by atoms with Crippen LogP contribution in [0.4, 0.5) is 13.2 Å². The van der Waals surface area contributed by atoms with Gasteiger partial charge in [0.2, 0.25) is 0 Å². The summed E-state index contributed by atoms with van der Waals surface area (Å²) in [5, 5.41) is 3.82. The fourth-order valence-corrected chi connectivity index (χ4v) is 2.03. The molecule has 3 rings (SSSR count). The number of alkyl halides is 3. The van der Waals surface area contributed by atoms with E-state index in [0.29, 0.717) is 11.4 Å². The molecule has 0 fully saturated rings. The average Bonchev–Trinajstić information content (AvgIpc) is 2.95. The van der Waals surface area contributed by atoms with Gasteiger partial charge in [-0.2, -0.15) is 17.9 Å². The van der Waals surface area contributed by atoms with Crippen LogP contribution in [0.2, 0.25) is 0 Å². The number of hydrogen-bond donors (Lipinski definition) is 0. The smallest absolute Gasteiger partial charge is 0.444 e. The summed E-state index contributed by atoms with van der Waals surface area (Å²) in [5.41, 5.74) is -0.504. The molecule has 0 aliphatic rings. The summed E-state index contributed by atoms with van der Waals surface area (Å²) in [6.07, 6.45) is -4.98. The van der Waals surface area contributed by atoms with Gasteiger partial charge >= 0.3 is 18.0 Å². The number of rotatable bonds is 4. The molecule has 0 atom stereocenters. The van der Waals surface area contributed by atoms with Crippen LogP contribution in [-0.2, 0) is 6.18 Å². The number of benzene rings is 2. The maximum atomic E-state index is 12.7. The molecule has 3 aromatic rings. The molecule has 130 valence electrons. The first-order chi connectivity index (χ1) is 11.9. The van der Waals surface area contributed by atoms with E-state index in [2.05, 4.69) is 5.10 Å². The fourth-order valence-electron chi connectivity index (χ4n) is 2.03. The third kappa shape index (κ3) is 3.65. The molecule has 1 heterocycles. The highest BCUT2D eigenvalue weighted by Gasteiger charge is 2.30. The molecule has 0 N–H and O–H groups in total. The van der Waals surface area contributed by atoms with Gasteiger partial charge in [-0.1, -0.05) is 11.2 Å². The Morgan fingerprint density at radius 1 is 1.08 bits per heavy atom. The zero-order valence-corrected chi connectivity index (χ0v) is 12.8. The molecule has 0 radical (unpaired) electrons. The van der Waals surface area contributed by atoms with Crippen molar-refractivity contribution in [1.29, 1.82) is 0 Å². The number of aromatic nitrogens is 2. The van der Waals surface area contributed by atoms with Crippen molar-refractivity contribution in [3.63, 3.8) is 0 Å². The number of hydrogen-bond acceptors (Lipinski definition) is 5. The van der Waals surface area contributed by atoms with Crippen LogP contribution in [0.25, 0.3) is 5.69 Å². The molecule has 0 aliphatic heterocycles. The van der Waals surface area contributed by atoms with Gasteiger partial charge in [-0.15, -0.1) is 0 Å². The third-order valence-corrected chi connectivity index (χ3v) is 3.21. The molecule has 2 aromatic carbocycles. The first-order valence-electron chi connectivity index (χ1n) is 6.96. The van der Waals surface area contributed by atoms with Crippen LogP contribution in [-0.4, -0.2) is 16.9 Å². The number of halogens is 3. The van der Waals surface area contributed by atoms with E-state index in [4.69, 9.17) is 13.9 Å². The predicted molar refractivity (Wildman–Crippen MR) is 80.2 cm³/mol. The monoisotopic (exact) mass is 352 g/mol. The van der Waals surface area contributed by atoms with Crippen LogP contribution >= 0.6 is 0 Å². The molecule has 0 amide bonds. The maximum absolute atomic E-state index is 12.7. The molecule has 9 heteroatoms. The van der Waals surface area contributed by atoms with Gasteiger partial charge in [-0.25, -0.2) is 4.79 Å². The molecule has 1 aromatic heterocycles. The lowest BCUT2D eigenvalue weighted by Gasteiger charge is -2.07. The van der Waals surface area contributed by atoms with E-state index >= 15 is 0 Å². The highest BCUT2D eigenvalue weighted by atomic mass is 19.4. The van der Waals surface area contributed by atoms with Gasteiger partial charge in [0.25, 0.3) is 0 Å². The molecule has 6 nitrogen and oxygen atoms in total. The van der Waals surface area contributed by atoms with Gasteiger partial charge in [0.15, 0.2) is 0 Å². The van der Waals surface area contributed by atoms with Crippen molar-refractivity contribution in [2.75, 3.05) is 7.11 Å². The highest BCUT2D eigenvalue weighted by Crippen LogP contribution is 2.32. The number of ether oxygens (including phenoxy) is 2. The van der Waals surface area contributed by atoms with Crippen molar-refractivity contribution in [3.05, 3.63) is 64.6 Å². The van der Waals surface area contributed by atoms with Gasteiger partial charge in [0, 0.05) is 0 Å². The van der Waals surface area contributed by atoms with Crippen LogP contribution in [0.1, 0.15) is 5.56 Å². The summed E-state index contributed by atoms with van der Waals surface area (Å²) in [7, 11) is 1.50. The lowest BCUT2D eigenvalue weighted by Crippen LogP contribution is -2.13. The van der Waals surface area contributed by atoms with Gasteiger partial charge in [-0.3, -0.25) is 0 Å². The van der Waals surface area contributed by atoms with E-state index in [1.807, 2.05) is 0 Å².